The van der Waals surface area contributed by atoms with Gasteiger partial charge in [-0.05, 0) is 48.0 Å². The van der Waals surface area contributed by atoms with Crippen molar-refractivity contribution in [3.8, 4) is 5.75 Å². The summed E-state index contributed by atoms with van der Waals surface area (Å²) in [5.74, 6) is 0.728. The number of nitrogens with one attached hydrogen (secondary N) is 3. The van der Waals surface area contributed by atoms with E-state index in [0.717, 1.165) is 30.1 Å². The lowest BCUT2D eigenvalue weighted by molar-refractivity contribution is 0.263. The fourth-order valence-electron chi connectivity index (χ4n) is 2.31. The Bertz CT molecular complexity index is 676. The van der Waals surface area contributed by atoms with E-state index in [1.54, 1.807) is 4.42 Å². The Balaban J connectivity index is 1.62. The first kappa shape index (κ1) is 16.9. The summed E-state index contributed by atoms with van der Waals surface area (Å²) < 4.78 is 15.3. The molecule has 1 unspecified atom stereocenters. The molecule has 3 N–H and O–H groups in total. The molecule has 24 heavy (non-hydrogen) atoms. The number of hydrogen-bond acceptors (Lipinski definition) is 7. The van der Waals surface area contributed by atoms with Crippen LogP contribution >= 0.6 is 23.9 Å². The molecular formula is C14H16ClN7OS. The summed E-state index contributed by atoms with van der Waals surface area (Å²) in [7, 11) is 0. The highest BCUT2D eigenvalue weighted by Crippen LogP contribution is 2.25. The molecule has 0 radical (unpaired) electrons. The standard InChI is InChI=1S/C14H16ClN7OS/c15-22-7-5-10(6-8-22)13-14(20-24-19-13)23-12-3-1-11(2-4-12)17-9-18-21-16/h1-5,9,14,20H,6-8H2,(H2,16,17,18). The SMILES string of the molecule is N=N/N=C\Nc1ccc(OC2NSN=C2C2=CCN(Cl)CC2)cc1. The van der Waals surface area contributed by atoms with E-state index in [2.05, 4.69) is 30.8 Å². The molecule has 0 amide bonds. The molecule has 1 aromatic carbocycles. The highest BCUT2D eigenvalue weighted by Gasteiger charge is 2.28. The van der Waals surface area contributed by atoms with Gasteiger partial charge in [0.1, 0.15) is 17.8 Å². The molecule has 2 aliphatic rings. The Morgan fingerprint density at radius 3 is 3.00 bits per heavy atom. The molecule has 0 saturated carbocycles. The summed E-state index contributed by atoms with van der Waals surface area (Å²) in [6.45, 7) is 1.51. The normalized spacial score (nSPS) is 21.5. The van der Waals surface area contributed by atoms with Crippen molar-refractivity contribution in [2.24, 2.45) is 14.7 Å². The predicted octanol–water partition coefficient (Wildman–Crippen LogP) is 3.17. The van der Waals surface area contributed by atoms with E-state index in [1.165, 1.54) is 24.0 Å². The lowest BCUT2D eigenvalue weighted by atomic mass is 10.0. The Morgan fingerprint density at radius 1 is 1.46 bits per heavy atom. The van der Waals surface area contributed by atoms with Crippen LogP contribution in [0.4, 0.5) is 5.69 Å². The quantitative estimate of drug-likeness (QED) is 0.180. The third kappa shape index (κ3) is 4.32. The van der Waals surface area contributed by atoms with Crippen LogP contribution in [0.15, 0.2) is 50.6 Å². The first-order chi connectivity index (χ1) is 11.8. The van der Waals surface area contributed by atoms with Crippen molar-refractivity contribution in [1.29, 1.82) is 5.53 Å². The van der Waals surface area contributed by atoms with E-state index < -0.39 is 0 Å². The van der Waals surface area contributed by atoms with Crippen LogP contribution in [0, 0.1) is 5.53 Å². The van der Waals surface area contributed by atoms with E-state index in [-0.39, 0.29) is 6.23 Å². The lowest BCUT2D eigenvalue weighted by Gasteiger charge is -2.22. The van der Waals surface area contributed by atoms with Crippen molar-refractivity contribution in [2.75, 3.05) is 18.4 Å². The third-order valence-electron chi connectivity index (χ3n) is 3.50. The van der Waals surface area contributed by atoms with Gasteiger partial charge in [-0.1, -0.05) is 11.3 Å². The topological polar surface area (TPSA) is 97.5 Å². The molecule has 0 bridgehead atoms. The van der Waals surface area contributed by atoms with Crippen molar-refractivity contribution in [2.45, 2.75) is 12.6 Å². The Kier molecular flexibility index (Phi) is 5.81. The number of benzene rings is 1. The van der Waals surface area contributed by atoms with Crippen molar-refractivity contribution in [3.63, 3.8) is 0 Å². The summed E-state index contributed by atoms with van der Waals surface area (Å²) in [5.41, 5.74) is 9.49. The first-order valence-corrected chi connectivity index (χ1v) is 8.38. The summed E-state index contributed by atoms with van der Waals surface area (Å²) in [4.78, 5) is 0. The largest absolute Gasteiger partial charge is 0.469 e. The van der Waals surface area contributed by atoms with E-state index in [9.17, 15) is 0 Å². The molecule has 2 aliphatic heterocycles. The molecule has 0 aliphatic carbocycles. The van der Waals surface area contributed by atoms with Crippen LogP contribution in [0.3, 0.4) is 0 Å². The number of ether oxygens (including phenoxy) is 1. The molecule has 2 heterocycles. The zero-order valence-corrected chi connectivity index (χ0v) is 14.2. The average Bonchev–Trinajstić information content (AvgIpc) is 3.05. The van der Waals surface area contributed by atoms with Crippen molar-refractivity contribution < 1.29 is 4.74 Å². The van der Waals surface area contributed by atoms with Gasteiger partial charge in [-0.25, -0.2) is 9.14 Å². The molecular weight excluding hydrogens is 350 g/mol. The number of nitrogens with zero attached hydrogens (tertiary/aromatic N) is 4. The number of hydrogen-bond donors (Lipinski definition) is 3. The van der Waals surface area contributed by atoms with Crippen LogP contribution in [0.1, 0.15) is 6.42 Å². The summed E-state index contributed by atoms with van der Waals surface area (Å²) in [6, 6.07) is 7.42. The van der Waals surface area contributed by atoms with Gasteiger partial charge in [0.05, 0.1) is 12.1 Å². The third-order valence-corrected chi connectivity index (χ3v) is 4.41. The zero-order chi connectivity index (χ0) is 16.8. The minimum absolute atomic E-state index is 0.286. The number of anilines is 1. The average molecular weight is 366 g/mol. The van der Waals surface area contributed by atoms with Gasteiger partial charge >= 0.3 is 0 Å². The molecule has 8 nitrogen and oxygen atoms in total. The minimum atomic E-state index is -0.286. The van der Waals surface area contributed by atoms with Crippen molar-refractivity contribution in [3.05, 3.63) is 35.9 Å². The molecule has 0 fully saturated rings. The number of halogens is 1. The molecule has 126 valence electrons. The molecule has 3 rings (SSSR count). The van der Waals surface area contributed by atoms with Crippen LogP contribution in [0.25, 0.3) is 0 Å². The summed E-state index contributed by atoms with van der Waals surface area (Å²) in [5, 5.41) is 9.20. The second-order valence-electron chi connectivity index (χ2n) is 5.05. The van der Waals surface area contributed by atoms with Crippen LogP contribution in [0.5, 0.6) is 5.75 Å². The van der Waals surface area contributed by atoms with Gasteiger partial charge < -0.3 is 10.1 Å². The molecule has 1 atom stereocenters. The fourth-order valence-corrected chi connectivity index (χ4v) is 3.08. The smallest absolute Gasteiger partial charge is 0.204 e. The highest BCUT2D eigenvalue weighted by molar-refractivity contribution is 7.96. The van der Waals surface area contributed by atoms with Gasteiger partial charge in [0.15, 0.2) is 0 Å². The molecule has 0 spiro atoms. The maximum atomic E-state index is 6.57. The second kappa shape index (κ2) is 8.25. The molecule has 1 aromatic rings. The minimum Gasteiger partial charge on any atom is -0.469 e. The van der Waals surface area contributed by atoms with Gasteiger partial charge in [-0.3, -0.25) is 0 Å². The second-order valence-corrected chi connectivity index (χ2v) is 6.12. The lowest BCUT2D eigenvalue weighted by Crippen LogP contribution is -2.36. The van der Waals surface area contributed by atoms with Crippen molar-refractivity contribution in [1.82, 2.24) is 9.14 Å². The Morgan fingerprint density at radius 2 is 2.29 bits per heavy atom. The van der Waals surface area contributed by atoms with Crippen LogP contribution < -0.4 is 14.8 Å². The van der Waals surface area contributed by atoms with Crippen molar-refractivity contribution >= 4 is 41.6 Å². The van der Waals surface area contributed by atoms with Gasteiger partial charge in [0.2, 0.25) is 6.23 Å². The molecule has 0 saturated heterocycles. The predicted molar refractivity (Wildman–Crippen MR) is 96.4 cm³/mol. The molecule has 0 aromatic heterocycles. The highest BCUT2D eigenvalue weighted by atomic mass is 35.5. The van der Waals surface area contributed by atoms with Crippen LogP contribution in [0.2, 0.25) is 0 Å². The van der Waals surface area contributed by atoms with Gasteiger partial charge in [-0.15, -0.1) is 5.10 Å². The summed E-state index contributed by atoms with van der Waals surface area (Å²) in [6.07, 6.45) is 4.00. The maximum absolute atomic E-state index is 6.57. The number of rotatable bonds is 6. The van der Waals surface area contributed by atoms with Crippen LogP contribution in [-0.2, 0) is 0 Å². The zero-order valence-electron chi connectivity index (χ0n) is 12.6. The van der Waals surface area contributed by atoms with E-state index in [1.807, 2.05) is 24.3 Å². The molecule has 10 heteroatoms. The van der Waals surface area contributed by atoms with E-state index in [4.69, 9.17) is 22.0 Å². The maximum Gasteiger partial charge on any atom is 0.204 e. The van der Waals surface area contributed by atoms with Gasteiger partial charge in [0.25, 0.3) is 0 Å². The summed E-state index contributed by atoms with van der Waals surface area (Å²) >= 11 is 7.27. The fraction of sp³-hybridized carbons (Fsp3) is 0.286. The Labute approximate surface area is 148 Å². The first-order valence-electron chi connectivity index (χ1n) is 7.27. The van der Waals surface area contributed by atoms with Gasteiger partial charge in [0, 0.05) is 18.8 Å². The van der Waals surface area contributed by atoms with E-state index in [0.29, 0.717) is 6.54 Å². The van der Waals surface area contributed by atoms with E-state index >= 15 is 0 Å². The van der Waals surface area contributed by atoms with Gasteiger partial charge in [-0.2, -0.15) is 9.93 Å². The monoisotopic (exact) mass is 365 g/mol. The van der Waals surface area contributed by atoms with Crippen LogP contribution in [-0.4, -0.2) is 35.8 Å². The Hall–Kier alpha value is -1.94.